The zero-order chi connectivity index (χ0) is 44.7. The summed E-state index contributed by atoms with van der Waals surface area (Å²) in [5, 5.41) is 0. The fourth-order valence-corrected chi connectivity index (χ4v) is 21.6. The quantitative estimate of drug-likeness (QED) is 0.191. The largest absolute Gasteiger partial charge is 0.320 e. The summed E-state index contributed by atoms with van der Waals surface area (Å²) >= 11 is 16.8. The number of nitrogens with zero attached hydrogens (tertiary/aromatic N) is 6. The molecule has 4 amide bonds. The number of para-hydroxylation sites is 3. The summed E-state index contributed by atoms with van der Waals surface area (Å²) in [7, 11) is -1.17. The van der Waals surface area contributed by atoms with Gasteiger partial charge in [0.25, 0.3) is 33.7 Å². The molecule has 64 heavy (non-hydrogen) atoms. The van der Waals surface area contributed by atoms with E-state index in [2.05, 4.69) is 4.90 Å². The fourth-order valence-electron chi connectivity index (χ4n) is 12.3. The van der Waals surface area contributed by atoms with E-state index < -0.39 is 58.6 Å². The van der Waals surface area contributed by atoms with Crippen molar-refractivity contribution in [1.29, 1.82) is 0 Å². The van der Waals surface area contributed by atoms with Crippen LogP contribution >= 0.6 is 71.5 Å². The van der Waals surface area contributed by atoms with E-state index in [4.69, 9.17) is 24.4 Å². The number of amides is 4. The van der Waals surface area contributed by atoms with Gasteiger partial charge in [-0.25, -0.2) is 12.7 Å². The molecule has 0 aliphatic carbocycles. The Labute approximate surface area is 397 Å². The molecule has 4 unspecified atom stereocenters. The molecular formula is C45H38N6O6S7. The number of hydrogen-bond acceptors (Lipinski definition) is 13. The minimum absolute atomic E-state index is 0.00522. The summed E-state index contributed by atoms with van der Waals surface area (Å²) in [6, 6.07) is 33.3. The van der Waals surface area contributed by atoms with E-state index in [-0.39, 0.29) is 41.9 Å². The van der Waals surface area contributed by atoms with E-state index >= 15 is 27.6 Å². The number of anilines is 3. The van der Waals surface area contributed by atoms with Gasteiger partial charge >= 0.3 is 0 Å². The molecule has 0 N–H and O–H groups in total. The van der Waals surface area contributed by atoms with Crippen molar-refractivity contribution >= 4 is 129 Å². The Morgan fingerprint density at radius 3 is 1.56 bits per heavy atom. The van der Waals surface area contributed by atoms with Gasteiger partial charge in [-0.1, -0.05) is 144 Å². The van der Waals surface area contributed by atoms with Gasteiger partial charge in [-0.15, -0.1) is 0 Å². The smallest absolute Gasteiger partial charge is 0.266 e. The molecular weight excluding hydrogens is 945 g/mol. The van der Waals surface area contributed by atoms with E-state index in [1.807, 2.05) is 66.7 Å². The predicted molar refractivity (Wildman–Crippen MR) is 259 cm³/mol. The van der Waals surface area contributed by atoms with Crippen LogP contribution in [0.15, 0.2) is 114 Å². The third-order valence-electron chi connectivity index (χ3n) is 15.0. The third-order valence-corrected chi connectivity index (χ3v) is 22.9. The monoisotopic (exact) mass is 982 g/mol. The number of likely N-dealkylation sites (N-methyl/N-ethyl adjacent to an activating group) is 2. The van der Waals surface area contributed by atoms with Crippen LogP contribution in [-0.2, 0) is 40.0 Å². The molecule has 4 aromatic carbocycles. The number of rotatable bonds is 5. The van der Waals surface area contributed by atoms with E-state index in [1.165, 1.54) is 37.6 Å². The van der Waals surface area contributed by atoms with Gasteiger partial charge in [0.05, 0.1) is 10.6 Å². The van der Waals surface area contributed by atoms with Crippen LogP contribution in [0.25, 0.3) is 0 Å². The lowest BCUT2D eigenvalue weighted by molar-refractivity contribution is -0.163. The number of hydrogen-bond donors (Lipinski definition) is 0. The van der Waals surface area contributed by atoms with Gasteiger partial charge in [-0.05, 0) is 67.8 Å². The predicted octanol–water partition coefficient (Wildman–Crippen LogP) is 7.03. The molecule has 8 atom stereocenters. The average Bonchev–Trinajstić information content (AvgIpc) is 3.85. The summed E-state index contributed by atoms with van der Waals surface area (Å²) in [6.07, 6.45) is -1.89. The van der Waals surface area contributed by atoms with Crippen molar-refractivity contribution in [2.75, 3.05) is 23.3 Å². The van der Waals surface area contributed by atoms with Crippen LogP contribution in [0.4, 0.5) is 17.1 Å². The maximum absolute atomic E-state index is 15.7. The van der Waals surface area contributed by atoms with Crippen LogP contribution in [0.1, 0.15) is 44.2 Å². The van der Waals surface area contributed by atoms with Gasteiger partial charge in [0, 0.05) is 49.1 Å². The lowest BCUT2D eigenvalue weighted by atomic mass is 9.62. The van der Waals surface area contributed by atoms with Gasteiger partial charge < -0.3 is 14.7 Å². The molecule has 10 heterocycles. The maximum atomic E-state index is 15.7. The molecule has 8 saturated heterocycles. The van der Waals surface area contributed by atoms with Crippen LogP contribution in [0.2, 0.25) is 0 Å². The summed E-state index contributed by atoms with van der Waals surface area (Å²) in [5.41, 5.74) is 1.05. The molecule has 4 aromatic rings. The Kier molecular flexibility index (Phi) is 8.44. The summed E-state index contributed by atoms with van der Waals surface area (Å²) in [6.45, 7) is 3.43. The molecule has 0 saturated carbocycles. The van der Waals surface area contributed by atoms with Crippen molar-refractivity contribution in [3.05, 3.63) is 120 Å². The minimum Gasteiger partial charge on any atom is -0.320 e. The second-order valence-electron chi connectivity index (χ2n) is 18.0. The summed E-state index contributed by atoms with van der Waals surface area (Å²) < 4.78 is 33.4. The van der Waals surface area contributed by atoms with Crippen molar-refractivity contribution in [1.82, 2.24) is 19.6 Å². The zero-order valence-corrected chi connectivity index (χ0v) is 40.4. The van der Waals surface area contributed by atoms with Gasteiger partial charge in [0.15, 0.2) is 19.5 Å². The van der Waals surface area contributed by atoms with E-state index in [0.717, 1.165) is 40.5 Å². The second-order valence-corrected chi connectivity index (χ2v) is 27.5. The molecule has 10 aliphatic heterocycles. The number of carbonyl (C=O) groups is 4. The number of thioether (sulfide) groups is 4. The lowest BCUT2D eigenvalue weighted by Crippen LogP contribution is -2.72. The topological polar surface area (TPSA) is 122 Å². The number of benzene rings is 4. The highest BCUT2D eigenvalue weighted by Crippen LogP contribution is 2.74. The highest BCUT2D eigenvalue weighted by atomic mass is 32.2. The summed E-state index contributed by atoms with van der Waals surface area (Å²) in [5.74, 6) is -1.30. The van der Waals surface area contributed by atoms with Crippen LogP contribution in [0.5, 0.6) is 0 Å². The molecule has 8 fully saturated rings. The number of piperazine rings is 2. The molecule has 12 nitrogen and oxygen atoms in total. The maximum Gasteiger partial charge on any atom is 0.266 e. The molecule has 14 rings (SSSR count). The van der Waals surface area contributed by atoms with Crippen molar-refractivity contribution < 1.29 is 27.6 Å². The van der Waals surface area contributed by atoms with Gasteiger partial charge in [-0.2, -0.15) is 0 Å². The van der Waals surface area contributed by atoms with Crippen molar-refractivity contribution in [3.8, 4) is 0 Å². The first-order chi connectivity index (χ1) is 30.4. The summed E-state index contributed by atoms with van der Waals surface area (Å²) in [4.78, 5) is 64.7. The van der Waals surface area contributed by atoms with Gasteiger partial charge in [-0.3, -0.25) is 29.0 Å². The first-order valence-corrected chi connectivity index (χ1v) is 26.2. The fraction of sp³-hybridized carbons (Fsp3) is 0.333. The SMILES string of the molecule is CN1C(=O)C23CC4(CC56CC78SC(=S)S[C@@](C)(C(=O)N7[C@H]5N(S(=O)(=O)c5ccccc5)c5ccccc56)N(C)C8=O)c5ccccc5N(c5ccccc5)[C@@H]4N2C(=O)[C@]1(C)SC(=S)S3. The Hall–Kier alpha value is -4.11. The molecule has 326 valence electrons. The van der Waals surface area contributed by atoms with Crippen LogP contribution in [0.3, 0.4) is 0 Å². The van der Waals surface area contributed by atoms with Crippen LogP contribution in [0, 0.1) is 0 Å². The second kappa shape index (κ2) is 13.1. The van der Waals surface area contributed by atoms with Crippen molar-refractivity contribution in [2.24, 2.45) is 0 Å². The van der Waals surface area contributed by atoms with E-state index in [1.54, 1.807) is 80.2 Å². The first kappa shape index (κ1) is 41.3. The van der Waals surface area contributed by atoms with E-state index in [0.29, 0.717) is 18.3 Å². The van der Waals surface area contributed by atoms with Gasteiger partial charge in [0.1, 0.15) is 19.4 Å². The Balaban J connectivity index is 1.18. The lowest BCUT2D eigenvalue weighted by Gasteiger charge is -2.51. The Morgan fingerprint density at radius 2 is 1.02 bits per heavy atom. The molecule has 4 bridgehead atoms. The molecule has 19 heteroatoms. The highest BCUT2D eigenvalue weighted by molar-refractivity contribution is 8.49. The number of sulfonamides is 1. The Bertz CT molecular complexity index is 2990. The van der Waals surface area contributed by atoms with Crippen molar-refractivity contribution in [2.45, 2.75) is 80.7 Å². The van der Waals surface area contributed by atoms with Crippen molar-refractivity contribution in [3.63, 3.8) is 0 Å². The minimum atomic E-state index is -4.46. The molecule has 10 aliphatic rings. The number of thiocarbonyl (C=S) groups is 2. The molecule has 2 spiro atoms. The van der Waals surface area contributed by atoms with Gasteiger partial charge in [0.2, 0.25) is 0 Å². The molecule has 0 aromatic heterocycles. The zero-order valence-electron chi connectivity index (χ0n) is 34.7. The molecule has 0 radical (unpaired) electrons. The van der Waals surface area contributed by atoms with Crippen LogP contribution < -0.4 is 9.21 Å². The number of carbonyl (C=O) groups excluding carboxylic acids is 4. The number of fused-ring (bicyclic) bond motifs is 12. The normalized spacial score (nSPS) is 35.7. The van der Waals surface area contributed by atoms with Crippen LogP contribution in [-0.4, -0.2) is 105 Å². The average molecular weight is 983 g/mol. The third kappa shape index (κ3) is 4.69. The Morgan fingerprint density at radius 1 is 0.578 bits per heavy atom. The first-order valence-electron chi connectivity index (χ1n) is 20.6. The van der Waals surface area contributed by atoms with E-state index in [9.17, 15) is 0 Å². The standard InChI is InChI=1S/C45H38N6O6S7/c1-40-34(52)49-32-42(24-44(49,36(54)46(40)3)62-38(58)60-40,28-19-11-13-21-30(28)48(32)26-15-7-5-8-16-26)23-43-25-45-37(55)47(4)41(2,61-39(59)63-45)35(53)50(45)33(43)51(31-22-14-12-20-29(31)43)64(56,57)27-17-9-6-10-18-27/h5-22,32-33H,23-25H2,1-4H3/t32-,33+,40+,41+,42?,43?,44?,45?/m1/s1. The highest BCUT2D eigenvalue weighted by Gasteiger charge is 2.82.